The highest BCUT2D eigenvalue weighted by atomic mass is 127. The van der Waals surface area contributed by atoms with Crippen molar-refractivity contribution in [3.8, 4) is 0 Å². The Balaban J connectivity index is 0.00000361. The van der Waals surface area contributed by atoms with Gasteiger partial charge in [-0.1, -0.05) is 0 Å². The summed E-state index contributed by atoms with van der Waals surface area (Å²) in [6.07, 6.45) is 1.12. The standard InChI is InChI=1S/C14H26N4S.HI/c1-5-15-14(16-9-6-10-18(3)4)17-11-13-8-7-12(2)19-13;/h7-8H,5-6,9-11H2,1-4H3,(H2,15,16,17);1H. The second kappa shape index (κ2) is 11.3. The molecule has 1 heterocycles. The summed E-state index contributed by atoms with van der Waals surface area (Å²) in [5.74, 6) is 0.910. The van der Waals surface area contributed by atoms with Gasteiger partial charge in [-0.2, -0.15) is 0 Å². The largest absolute Gasteiger partial charge is 0.357 e. The lowest BCUT2D eigenvalue weighted by Crippen LogP contribution is -2.38. The molecule has 0 aromatic carbocycles. The first-order chi connectivity index (χ1) is 9.11. The highest BCUT2D eigenvalue weighted by Crippen LogP contribution is 2.15. The van der Waals surface area contributed by atoms with Crippen LogP contribution in [0.4, 0.5) is 0 Å². The Morgan fingerprint density at radius 2 is 2.05 bits per heavy atom. The monoisotopic (exact) mass is 410 g/mol. The summed E-state index contributed by atoms with van der Waals surface area (Å²) in [6, 6.07) is 4.30. The van der Waals surface area contributed by atoms with Gasteiger partial charge in [-0.25, -0.2) is 4.99 Å². The molecule has 0 saturated heterocycles. The van der Waals surface area contributed by atoms with Crippen molar-refractivity contribution in [2.75, 3.05) is 33.7 Å². The molecule has 0 spiro atoms. The maximum absolute atomic E-state index is 4.60. The number of guanidine groups is 1. The number of nitrogens with zero attached hydrogens (tertiary/aromatic N) is 2. The summed E-state index contributed by atoms with van der Waals surface area (Å²) >= 11 is 1.81. The van der Waals surface area contributed by atoms with Crippen molar-refractivity contribution >= 4 is 41.3 Å². The topological polar surface area (TPSA) is 39.7 Å². The minimum atomic E-state index is 0. The molecular formula is C14H27IN4S. The van der Waals surface area contributed by atoms with Gasteiger partial charge in [0, 0.05) is 22.8 Å². The highest BCUT2D eigenvalue weighted by Gasteiger charge is 1.99. The van der Waals surface area contributed by atoms with E-state index in [0.29, 0.717) is 0 Å². The molecule has 0 saturated carbocycles. The van der Waals surface area contributed by atoms with Crippen molar-refractivity contribution in [1.29, 1.82) is 0 Å². The van der Waals surface area contributed by atoms with Crippen LogP contribution in [-0.4, -0.2) is 44.6 Å². The molecule has 0 unspecified atom stereocenters. The third-order valence-corrected chi connectivity index (χ3v) is 3.59. The molecule has 0 radical (unpaired) electrons. The van der Waals surface area contributed by atoms with Crippen LogP contribution in [0.3, 0.4) is 0 Å². The average molecular weight is 410 g/mol. The first kappa shape index (κ1) is 19.7. The molecule has 0 bridgehead atoms. The van der Waals surface area contributed by atoms with Crippen LogP contribution in [0, 0.1) is 6.92 Å². The van der Waals surface area contributed by atoms with Gasteiger partial charge in [0.2, 0.25) is 0 Å². The molecule has 0 aliphatic heterocycles. The summed E-state index contributed by atoms with van der Waals surface area (Å²) in [5.41, 5.74) is 0. The van der Waals surface area contributed by atoms with Crippen LogP contribution >= 0.6 is 35.3 Å². The number of hydrogen-bond acceptors (Lipinski definition) is 3. The third-order valence-electron chi connectivity index (χ3n) is 2.61. The maximum Gasteiger partial charge on any atom is 0.191 e. The first-order valence-electron chi connectivity index (χ1n) is 6.84. The van der Waals surface area contributed by atoms with Crippen molar-refractivity contribution < 1.29 is 0 Å². The van der Waals surface area contributed by atoms with E-state index in [9.17, 15) is 0 Å². The number of nitrogens with one attached hydrogen (secondary N) is 2. The van der Waals surface area contributed by atoms with E-state index in [1.807, 2.05) is 11.3 Å². The molecule has 1 aromatic rings. The lowest BCUT2D eigenvalue weighted by molar-refractivity contribution is 0.399. The van der Waals surface area contributed by atoms with Crippen molar-refractivity contribution in [1.82, 2.24) is 15.5 Å². The average Bonchev–Trinajstić information content (AvgIpc) is 2.77. The van der Waals surface area contributed by atoms with Crippen molar-refractivity contribution in [3.05, 3.63) is 21.9 Å². The third kappa shape index (κ3) is 8.76. The fourth-order valence-corrected chi connectivity index (χ4v) is 2.49. The SMILES string of the molecule is CCNC(=NCc1ccc(C)s1)NCCCN(C)C.I. The minimum Gasteiger partial charge on any atom is -0.357 e. The van der Waals surface area contributed by atoms with E-state index >= 15 is 0 Å². The van der Waals surface area contributed by atoms with Crippen LogP contribution in [0.15, 0.2) is 17.1 Å². The number of thiophene rings is 1. The lowest BCUT2D eigenvalue weighted by atomic mass is 10.4. The number of rotatable bonds is 7. The van der Waals surface area contributed by atoms with Gasteiger partial charge in [0.15, 0.2) is 5.96 Å². The molecule has 116 valence electrons. The Morgan fingerprint density at radius 3 is 2.60 bits per heavy atom. The summed E-state index contributed by atoms with van der Waals surface area (Å²) < 4.78 is 0. The minimum absolute atomic E-state index is 0. The molecule has 1 aromatic heterocycles. The van der Waals surface area contributed by atoms with E-state index in [4.69, 9.17) is 0 Å². The number of halogens is 1. The molecule has 20 heavy (non-hydrogen) atoms. The Hall–Kier alpha value is -0.340. The number of aliphatic imine (C=N–C) groups is 1. The smallest absolute Gasteiger partial charge is 0.191 e. The van der Waals surface area contributed by atoms with Crippen LogP contribution in [0.2, 0.25) is 0 Å². The van der Waals surface area contributed by atoms with E-state index in [2.05, 4.69) is 60.6 Å². The van der Waals surface area contributed by atoms with E-state index in [0.717, 1.165) is 38.6 Å². The Morgan fingerprint density at radius 1 is 1.30 bits per heavy atom. The Labute approximate surface area is 144 Å². The van der Waals surface area contributed by atoms with Crippen LogP contribution < -0.4 is 10.6 Å². The summed E-state index contributed by atoms with van der Waals surface area (Å²) in [6.45, 7) is 7.91. The molecule has 4 nitrogen and oxygen atoms in total. The van der Waals surface area contributed by atoms with Gasteiger partial charge in [0.25, 0.3) is 0 Å². The quantitative estimate of drug-likeness (QED) is 0.314. The van der Waals surface area contributed by atoms with Crippen LogP contribution in [-0.2, 0) is 6.54 Å². The highest BCUT2D eigenvalue weighted by molar-refractivity contribution is 14.0. The van der Waals surface area contributed by atoms with Crippen LogP contribution in [0.1, 0.15) is 23.1 Å². The first-order valence-corrected chi connectivity index (χ1v) is 7.65. The molecule has 2 N–H and O–H groups in total. The van der Waals surface area contributed by atoms with Crippen LogP contribution in [0.25, 0.3) is 0 Å². The second-order valence-electron chi connectivity index (χ2n) is 4.79. The van der Waals surface area contributed by atoms with E-state index in [1.54, 1.807) is 0 Å². The van der Waals surface area contributed by atoms with Gasteiger partial charge in [0.1, 0.15) is 0 Å². The number of hydrogen-bond donors (Lipinski definition) is 2. The van der Waals surface area contributed by atoms with Gasteiger partial charge in [0.05, 0.1) is 6.54 Å². The van der Waals surface area contributed by atoms with Crippen molar-refractivity contribution in [2.45, 2.75) is 26.8 Å². The zero-order valence-corrected chi connectivity index (χ0v) is 16.0. The van der Waals surface area contributed by atoms with Gasteiger partial charge < -0.3 is 15.5 Å². The summed E-state index contributed by atoms with van der Waals surface area (Å²) in [5, 5.41) is 6.65. The lowest BCUT2D eigenvalue weighted by Gasteiger charge is -2.13. The molecule has 0 fully saturated rings. The Kier molecular flexibility index (Phi) is 11.1. The molecular weight excluding hydrogens is 383 g/mol. The van der Waals surface area contributed by atoms with E-state index < -0.39 is 0 Å². The Bertz CT molecular complexity index is 390. The van der Waals surface area contributed by atoms with E-state index in [-0.39, 0.29) is 24.0 Å². The molecule has 0 aliphatic rings. The van der Waals surface area contributed by atoms with Crippen molar-refractivity contribution in [2.24, 2.45) is 4.99 Å². The summed E-state index contributed by atoms with van der Waals surface area (Å²) in [4.78, 5) is 9.45. The maximum atomic E-state index is 4.60. The molecule has 1 rings (SSSR count). The fraction of sp³-hybridized carbons (Fsp3) is 0.643. The fourth-order valence-electron chi connectivity index (χ4n) is 1.67. The summed E-state index contributed by atoms with van der Waals surface area (Å²) in [7, 11) is 4.19. The number of aryl methyl sites for hydroxylation is 1. The zero-order valence-electron chi connectivity index (χ0n) is 12.9. The van der Waals surface area contributed by atoms with Crippen molar-refractivity contribution in [3.63, 3.8) is 0 Å². The second-order valence-corrected chi connectivity index (χ2v) is 6.16. The predicted octanol–water partition coefficient (Wildman–Crippen LogP) is 2.68. The molecule has 0 atom stereocenters. The van der Waals surface area contributed by atoms with Gasteiger partial charge in [-0.05, 0) is 53.0 Å². The van der Waals surface area contributed by atoms with E-state index in [1.165, 1.54) is 9.75 Å². The zero-order chi connectivity index (χ0) is 14.1. The molecule has 6 heteroatoms. The molecule has 0 aliphatic carbocycles. The van der Waals surface area contributed by atoms with Crippen LogP contribution in [0.5, 0.6) is 0 Å². The predicted molar refractivity (Wildman–Crippen MR) is 100 cm³/mol. The normalized spacial score (nSPS) is 11.3. The molecule has 0 amide bonds. The van der Waals surface area contributed by atoms with Gasteiger partial charge in [-0.3, -0.25) is 0 Å². The van der Waals surface area contributed by atoms with Gasteiger partial charge >= 0.3 is 0 Å². The van der Waals surface area contributed by atoms with Gasteiger partial charge in [-0.15, -0.1) is 35.3 Å².